The number of aromatic nitrogens is 1. The lowest BCUT2D eigenvalue weighted by Crippen LogP contribution is -2.36. The van der Waals surface area contributed by atoms with Gasteiger partial charge in [-0.25, -0.2) is 0 Å². The molecule has 2 unspecified atom stereocenters. The molecule has 1 aromatic rings. The van der Waals surface area contributed by atoms with Crippen molar-refractivity contribution in [2.24, 2.45) is 23.1 Å². The molecule has 1 aliphatic heterocycles. The number of hydrogen-bond donors (Lipinski definition) is 7. The van der Waals surface area contributed by atoms with Crippen LogP contribution in [-0.4, -0.2) is 69.3 Å². The predicted octanol–water partition coefficient (Wildman–Crippen LogP) is -0.522. The van der Waals surface area contributed by atoms with E-state index in [9.17, 15) is 19.2 Å². The van der Waals surface area contributed by atoms with Crippen molar-refractivity contribution in [2.75, 3.05) is 13.1 Å². The highest BCUT2D eigenvalue weighted by molar-refractivity contribution is 5.92. The van der Waals surface area contributed by atoms with Gasteiger partial charge in [0.05, 0.1) is 12.1 Å². The number of nitrogens with one attached hydrogen (secondary N) is 1. The fraction of sp³-hybridized carbons (Fsp3) is 0.526. The van der Waals surface area contributed by atoms with Crippen LogP contribution in [0.5, 0.6) is 0 Å². The molecule has 31 heavy (non-hydrogen) atoms. The maximum atomic E-state index is 10.4. The minimum atomic E-state index is -0.968. The predicted molar refractivity (Wildman–Crippen MR) is 113 cm³/mol. The number of carboxylic acids is 3. The minimum Gasteiger partial charge on any atom is -0.480 e. The number of aliphatic carboxylic acids is 3. The summed E-state index contributed by atoms with van der Waals surface area (Å²) in [6, 6.07) is 2.32. The molecule has 1 aliphatic rings. The van der Waals surface area contributed by atoms with E-state index >= 15 is 0 Å². The van der Waals surface area contributed by atoms with Crippen LogP contribution in [0.4, 0.5) is 0 Å². The van der Waals surface area contributed by atoms with Crippen molar-refractivity contribution in [3.05, 3.63) is 30.1 Å². The zero-order valence-electron chi connectivity index (χ0n) is 17.7. The van der Waals surface area contributed by atoms with Crippen LogP contribution in [0.2, 0.25) is 0 Å². The van der Waals surface area contributed by atoms with Gasteiger partial charge in [0, 0.05) is 12.4 Å². The van der Waals surface area contributed by atoms with Crippen molar-refractivity contribution in [3.8, 4) is 0 Å². The second-order valence-electron chi connectivity index (χ2n) is 6.44. The molecule has 1 amide bonds. The molecule has 2 rings (SSSR count). The number of primary amides is 1. The summed E-state index contributed by atoms with van der Waals surface area (Å²) in [5.74, 6) is -2.97. The van der Waals surface area contributed by atoms with Gasteiger partial charge in [-0.3, -0.25) is 24.2 Å². The molecule has 1 aromatic heterocycles. The van der Waals surface area contributed by atoms with Crippen LogP contribution < -0.4 is 22.5 Å². The Hall–Kier alpha value is -3.09. The van der Waals surface area contributed by atoms with Gasteiger partial charge in [-0.1, -0.05) is 20.3 Å². The number of carboxylic acid groups (broad SMARTS) is 3. The number of carbonyl (C=O) groups excluding carboxylic acids is 1. The first-order valence-electron chi connectivity index (χ1n) is 9.54. The van der Waals surface area contributed by atoms with Crippen LogP contribution in [0.3, 0.4) is 0 Å². The quantitative estimate of drug-likeness (QED) is 0.295. The number of nitrogens with zero attached hydrogens (tertiary/aromatic N) is 1. The van der Waals surface area contributed by atoms with Crippen LogP contribution in [-0.2, 0) is 14.4 Å². The maximum absolute atomic E-state index is 10.4. The second kappa shape index (κ2) is 17.7. The molecule has 176 valence electrons. The lowest BCUT2D eigenvalue weighted by molar-refractivity contribution is -0.140. The molecule has 0 saturated carbocycles. The van der Waals surface area contributed by atoms with Gasteiger partial charge in [0.1, 0.15) is 12.1 Å². The fourth-order valence-electron chi connectivity index (χ4n) is 1.90. The molecule has 0 aromatic carbocycles. The summed E-state index contributed by atoms with van der Waals surface area (Å²) in [5, 5.41) is 27.2. The summed E-state index contributed by atoms with van der Waals surface area (Å²) in [7, 11) is 0. The largest absolute Gasteiger partial charge is 0.480 e. The van der Waals surface area contributed by atoms with E-state index < -0.39 is 29.9 Å². The molecular formula is C19H33N5O7. The van der Waals surface area contributed by atoms with E-state index in [2.05, 4.69) is 16.0 Å². The van der Waals surface area contributed by atoms with Crippen molar-refractivity contribution < 1.29 is 34.5 Å². The van der Waals surface area contributed by atoms with E-state index in [1.807, 2.05) is 13.8 Å². The van der Waals surface area contributed by atoms with Gasteiger partial charge in [-0.15, -0.1) is 0 Å². The third-order valence-electron chi connectivity index (χ3n) is 4.02. The molecule has 0 radical (unpaired) electrons. The average Bonchev–Trinajstić information content (AvgIpc) is 3.30. The van der Waals surface area contributed by atoms with Gasteiger partial charge in [-0.2, -0.15) is 0 Å². The molecule has 0 aliphatic carbocycles. The Labute approximate surface area is 180 Å². The summed E-state index contributed by atoms with van der Waals surface area (Å²) in [4.78, 5) is 43.6. The fourth-order valence-corrected chi connectivity index (χ4v) is 1.90. The van der Waals surface area contributed by atoms with E-state index in [1.54, 1.807) is 18.3 Å². The van der Waals surface area contributed by atoms with Gasteiger partial charge < -0.3 is 37.8 Å². The first-order chi connectivity index (χ1) is 14.5. The van der Waals surface area contributed by atoms with Gasteiger partial charge in [-0.05, 0) is 37.4 Å². The van der Waals surface area contributed by atoms with E-state index in [0.717, 1.165) is 25.8 Å². The molecule has 0 bridgehead atoms. The normalized spacial score (nSPS) is 15.9. The SMILES string of the molecule is CCC(C)C(N)C(=O)O.NC(=O)c1cccnc1.NCC(=O)O.O=C(O)[C@@H]1CCCN1. The molecule has 12 heteroatoms. The number of rotatable bonds is 6. The van der Waals surface area contributed by atoms with E-state index in [4.69, 9.17) is 26.8 Å². The molecule has 2 heterocycles. The Bertz CT molecular complexity index is 667. The molecule has 12 nitrogen and oxygen atoms in total. The number of hydrogen-bond acceptors (Lipinski definition) is 8. The summed E-state index contributed by atoms with van der Waals surface area (Å²) in [6.45, 7) is 4.34. The first kappa shape index (κ1) is 30.1. The summed E-state index contributed by atoms with van der Waals surface area (Å²) < 4.78 is 0. The van der Waals surface area contributed by atoms with Crippen LogP contribution in [0.25, 0.3) is 0 Å². The Morgan fingerprint density at radius 2 is 1.84 bits per heavy atom. The third kappa shape index (κ3) is 16.4. The van der Waals surface area contributed by atoms with Crippen LogP contribution in [0, 0.1) is 5.92 Å². The van der Waals surface area contributed by atoms with Gasteiger partial charge in [0.15, 0.2) is 0 Å². The topological polar surface area (TPSA) is 232 Å². The molecular weight excluding hydrogens is 410 g/mol. The molecule has 1 fully saturated rings. The number of carbonyl (C=O) groups is 4. The van der Waals surface area contributed by atoms with Crippen molar-refractivity contribution in [1.29, 1.82) is 0 Å². The highest BCUT2D eigenvalue weighted by Gasteiger charge is 2.20. The van der Waals surface area contributed by atoms with Crippen molar-refractivity contribution in [1.82, 2.24) is 10.3 Å². The Morgan fingerprint density at radius 1 is 1.26 bits per heavy atom. The van der Waals surface area contributed by atoms with Gasteiger partial charge >= 0.3 is 17.9 Å². The third-order valence-corrected chi connectivity index (χ3v) is 4.02. The standard InChI is InChI=1S/C6H6N2O.C6H13NO2.C5H9NO2.C2H5NO2/c7-6(9)5-2-1-3-8-4-5;1-3-4(2)5(7)6(8)9;7-5(8)4-2-1-3-6-4;3-1-2(4)5/h1-4H,(H2,7,9);4-5H,3,7H2,1-2H3,(H,8,9);4,6H,1-3H2,(H,7,8);1,3H2,(H,4,5)/t;;4-;/m..0./s1. The Kier molecular flexibility index (Phi) is 17.2. The zero-order valence-corrected chi connectivity index (χ0v) is 17.7. The van der Waals surface area contributed by atoms with Crippen LogP contribution in [0.15, 0.2) is 24.5 Å². The smallest absolute Gasteiger partial charge is 0.320 e. The summed E-state index contributed by atoms with van der Waals surface area (Å²) in [6.07, 6.45) is 5.62. The number of nitrogens with two attached hydrogens (primary N) is 3. The van der Waals surface area contributed by atoms with Crippen molar-refractivity contribution in [2.45, 2.75) is 45.2 Å². The summed E-state index contributed by atoms with van der Waals surface area (Å²) in [5.41, 5.74) is 15.2. The molecule has 3 atom stereocenters. The lowest BCUT2D eigenvalue weighted by Gasteiger charge is -2.11. The van der Waals surface area contributed by atoms with Crippen LogP contribution >= 0.6 is 0 Å². The average molecular weight is 444 g/mol. The monoisotopic (exact) mass is 443 g/mol. The Morgan fingerprint density at radius 3 is 2.03 bits per heavy atom. The first-order valence-corrected chi connectivity index (χ1v) is 9.54. The van der Waals surface area contributed by atoms with Crippen LogP contribution in [0.1, 0.15) is 43.5 Å². The van der Waals surface area contributed by atoms with Gasteiger partial charge in [0.2, 0.25) is 5.91 Å². The summed E-state index contributed by atoms with van der Waals surface area (Å²) >= 11 is 0. The molecule has 1 saturated heterocycles. The number of amides is 1. The van der Waals surface area contributed by atoms with E-state index in [-0.39, 0.29) is 18.5 Å². The van der Waals surface area contributed by atoms with E-state index in [1.165, 1.54) is 6.20 Å². The molecule has 10 N–H and O–H groups in total. The van der Waals surface area contributed by atoms with E-state index in [0.29, 0.717) is 5.56 Å². The maximum Gasteiger partial charge on any atom is 0.320 e. The van der Waals surface area contributed by atoms with Crippen molar-refractivity contribution >= 4 is 23.8 Å². The second-order valence-corrected chi connectivity index (χ2v) is 6.44. The zero-order chi connectivity index (χ0) is 24.4. The minimum absolute atomic E-state index is 0.0718. The highest BCUT2D eigenvalue weighted by atomic mass is 16.4. The van der Waals surface area contributed by atoms with Gasteiger partial charge in [0.25, 0.3) is 0 Å². The lowest BCUT2D eigenvalue weighted by atomic mass is 10.0. The molecule has 0 spiro atoms. The number of pyridine rings is 1. The highest BCUT2D eigenvalue weighted by Crippen LogP contribution is 2.04. The van der Waals surface area contributed by atoms with Crippen molar-refractivity contribution in [3.63, 3.8) is 0 Å². The Balaban J connectivity index is 0.